The molecule has 0 spiro atoms. The van der Waals surface area contributed by atoms with E-state index in [4.69, 9.17) is 14.6 Å². The number of aliphatic hydroxyl groups is 1. The first kappa shape index (κ1) is 21.1. The number of hydrogen-bond acceptors (Lipinski definition) is 5. The number of ketones is 1. The minimum Gasteiger partial charge on any atom is -0.497 e. The molecule has 0 bridgehead atoms. The fourth-order valence-electron chi connectivity index (χ4n) is 1.69. The number of aliphatic hydroxyl groups excluding tert-OH is 1. The molecular weight excluding hydrogens is 397 g/mol. The molecule has 6 heteroatoms. The van der Waals surface area contributed by atoms with Crippen LogP contribution < -0.4 is 9.47 Å². The van der Waals surface area contributed by atoms with Gasteiger partial charge in [0.25, 0.3) is 0 Å². The molecule has 1 aromatic rings. The van der Waals surface area contributed by atoms with Gasteiger partial charge in [-0.3, -0.25) is 4.79 Å². The Morgan fingerprint density at radius 1 is 1.09 bits per heavy atom. The molecule has 0 unspecified atom stereocenters. The minimum absolute atomic E-state index is 0.00639. The molecule has 1 saturated heterocycles. The molecule has 1 aliphatic heterocycles. The Hall–Kier alpha value is -0.860. The van der Waals surface area contributed by atoms with E-state index in [9.17, 15) is 4.79 Å². The summed E-state index contributed by atoms with van der Waals surface area (Å²) in [7, 11) is 3.16. The number of ether oxygens (including phenoxy) is 2. The molecule has 1 fully saturated rings. The van der Waals surface area contributed by atoms with E-state index in [1.807, 2.05) is 13.8 Å². The molecule has 1 heterocycles. The standard InChI is InChI=1S/C9H12O3.C5H8INO.C2H6/c1-11-8-3-7(6-10)4-9(5-8)12-2;6-7-3-1-5(8)2-4-7;1-2/h3-5,10H,6H2,1-2H3;1-4H2;1-2H3. The first-order valence-corrected chi connectivity index (χ1v) is 8.30. The number of halogens is 1. The second kappa shape index (κ2) is 12.7. The maximum Gasteiger partial charge on any atom is 0.135 e. The number of methoxy groups -OCH3 is 2. The predicted molar refractivity (Wildman–Crippen MR) is 96.7 cm³/mol. The van der Waals surface area contributed by atoms with Crippen LogP contribution in [0, 0.1) is 0 Å². The van der Waals surface area contributed by atoms with E-state index in [-0.39, 0.29) is 6.61 Å². The molecule has 0 radical (unpaired) electrons. The summed E-state index contributed by atoms with van der Waals surface area (Å²) in [6.45, 7) is 5.88. The first-order valence-electron chi connectivity index (χ1n) is 7.34. The van der Waals surface area contributed by atoms with Gasteiger partial charge in [0.1, 0.15) is 17.3 Å². The Kier molecular flexibility index (Phi) is 12.2. The summed E-state index contributed by atoms with van der Waals surface area (Å²) in [6.07, 6.45) is 1.51. The van der Waals surface area contributed by atoms with Gasteiger partial charge in [-0.15, -0.1) is 0 Å². The minimum atomic E-state index is -0.00639. The number of piperidine rings is 1. The maximum absolute atomic E-state index is 10.6. The third kappa shape index (κ3) is 8.55. The predicted octanol–water partition coefficient (Wildman–Crippen LogP) is 3.22. The lowest BCUT2D eigenvalue weighted by atomic mass is 10.1. The first-order chi connectivity index (χ1) is 10.6. The van der Waals surface area contributed by atoms with Gasteiger partial charge in [-0.05, 0) is 17.7 Å². The summed E-state index contributed by atoms with van der Waals surface area (Å²) in [5.74, 6) is 1.80. The van der Waals surface area contributed by atoms with Crippen LogP contribution in [0.15, 0.2) is 18.2 Å². The van der Waals surface area contributed by atoms with Gasteiger partial charge in [0, 0.05) is 54.9 Å². The summed E-state index contributed by atoms with van der Waals surface area (Å²) in [6, 6.07) is 5.30. The topological polar surface area (TPSA) is 59.0 Å². The number of hydrogen-bond donors (Lipinski definition) is 1. The monoisotopic (exact) mass is 423 g/mol. The molecule has 0 aromatic heterocycles. The highest BCUT2D eigenvalue weighted by atomic mass is 127. The zero-order valence-electron chi connectivity index (χ0n) is 13.8. The summed E-state index contributed by atoms with van der Waals surface area (Å²) in [5, 5.41) is 8.87. The fraction of sp³-hybridized carbons (Fsp3) is 0.562. The van der Waals surface area contributed by atoms with Crippen LogP contribution in [0.3, 0.4) is 0 Å². The van der Waals surface area contributed by atoms with E-state index in [0.29, 0.717) is 17.3 Å². The van der Waals surface area contributed by atoms with Gasteiger partial charge in [0.05, 0.1) is 20.8 Å². The number of carbonyl (C=O) groups is 1. The van der Waals surface area contributed by atoms with Crippen LogP contribution in [0.2, 0.25) is 0 Å². The highest BCUT2D eigenvalue weighted by molar-refractivity contribution is 14.1. The average Bonchev–Trinajstić information content (AvgIpc) is 2.59. The highest BCUT2D eigenvalue weighted by Crippen LogP contribution is 2.22. The molecule has 0 amide bonds. The summed E-state index contributed by atoms with van der Waals surface area (Å²) < 4.78 is 12.2. The third-order valence-corrected chi connectivity index (χ3v) is 3.83. The number of rotatable bonds is 3. The molecule has 0 saturated carbocycles. The molecule has 1 N–H and O–H groups in total. The quantitative estimate of drug-likeness (QED) is 0.598. The van der Waals surface area contributed by atoms with E-state index in [1.54, 1.807) is 32.4 Å². The van der Waals surface area contributed by atoms with Crippen LogP contribution in [0.1, 0.15) is 32.3 Å². The van der Waals surface area contributed by atoms with Crippen molar-refractivity contribution in [1.82, 2.24) is 3.11 Å². The summed E-state index contributed by atoms with van der Waals surface area (Å²) in [5.41, 5.74) is 0.784. The number of carbonyl (C=O) groups excluding carboxylic acids is 1. The second-order valence-corrected chi connectivity index (χ2v) is 5.69. The van der Waals surface area contributed by atoms with Crippen molar-refractivity contribution in [3.05, 3.63) is 23.8 Å². The normalized spacial score (nSPS) is 14.2. The van der Waals surface area contributed by atoms with E-state index in [2.05, 4.69) is 26.0 Å². The summed E-state index contributed by atoms with van der Waals surface area (Å²) >= 11 is 2.25. The largest absolute Gasteiger partial charge is 0.497 e. The SMILES string of the molecule is CC.COc1cc(CO)cc(OC)c1.O=C1CCN(I)CC1. The highest BCUT2D eigenvalue weighted by Gasteiger charge is 2.12. The van der Waals surface area contributed by atoms with E-state index < -0.39 is 0 Å². The van der Waals surface area contributed by atoms with Crippen LogP contribution in [0.25, 0.3) is 0 Å². The number of Topliss-reactive ketones (excluding diaryl/α,β-unsaturated/α-hetero) is 1. The number of benzene rings is 1. The Morgan fingerprint density at radius 2 is 1.55 bits per heavy atom. The molecule has 5 nitrogen and oxygen atoms in total. The third-order valence-electron chi connectivity index (χ3n) is 2.86. The molecule has 126 valence electrons. The Labute approximate surface area is 147 Å². The van der Waals surface area contributed by atoms with Gasteiger partial charge in [-0.1, -0.05) is 13.8 Å². The van der Waals surface area contributed by atoms with Gasteiger partial charge in [-0.25, -0.2) is 3.11 Å². The maximum atomic E-state index is 10.6. The average molecular weight is 423 g/mol. The van der Waals surface area contributed by atoms with Gasteiger partial charge in [0.15, 0.2) is 0 Å². The lowest BCUT2D eigenvalue weighted by molar-refractivity contribution is -0.120. The van der Waals surface area contributed by atoms with Crippen LogP contribution in [0.4, 0.5) is 0 Å². The lowest BCUT2D eigenvalue weighted by Crippen LogP contribution is -2.25. The zero-order chi connectivity index (χ0) is 17.0. The smallest absolute Gasteiger partial charge is 0.135 e. The van der Waals surface area contributed by atoms with Crippen molar-refractivity contribution in [2.75, 3.05) is 27.3 Å². The second-order valence-electron chi connectivity index (χ2n) is 4.33. The lowest BCUT2D eigenvalue weighted by Gasteiger charge is -2.17. The van der Waals surface area contributed by atoms with Crippen LogP contribution in [-0.4, -0.2) is 41.3 Å². The van der Waals surface area contributed by atoms with E-state index >= 15 is 0 Å². The van der Waals surface area contributed by atoms with Gasteiger partial charge in [-0.2, -0.15) is 0 Å². The Morgan fingerprint density at radius 3 is 1.86 bits per heavy atom. The molecule has 0 aliphatic carbocycles. The summed E-state index contributed by atoms with van der Waals surface area (Å²) in [4.78, 5) is 10.6. The Balaban J connectivity index is 0.000000382. The van der Waals surface area contributed by atoms with E-state index in [0.717, 1.165) is 31.5 Å². The van der Waals surface area contributed by atoms with E-state index in [1.165, 1.54) is 0 Å². The van der Waals surface area contributed by atoms with Crippen molar-refractivity contribution in [2.45, 2.75) is 33.3 Å². The Bertz CT molecular complexity index is 375. The zero-order valence-corrected chi connectivity index (χ0v) is 15.9. The van der Waals surface area contributed by atoms with Crippen LogP contribution in [0.5, 0.6) is 11.5 Å². The molecule has 22 heavy (non-hydrogen) atoms. The van der Waals surface area contributed by atoms with Crippen molar-refractivity contribution in [3.63, 3.8) is 0 Å². The molecule has 1 aliphatic rings. The van der Waals surface area contributed by atoms with Crippen LogP contribution in [-0.2, 0) is 11.4 Å². The fourth-order valence-corrected chi connectivity index (χ4v) is 2.17. The van der Waals surface area contributed by atoms with Gasteiger partial charge >= 0.3 is 0 Å². The van der Waals surface area contributed by atoms with Crippen molar-refractivity contribution in [2.24, 2.45) is 0 Å². The molecular formula is C16H26INO4. The van der Waals surface area contributed by atoms with Gasteiger partial charge in [0.2, 0.25) is 0 Å². The molecule has 2 rings (SSSR count). The van der Waals surface area contributed by atoms with Crippen molar-refractivity contribution in [3.8, 4) is 11.5 Å². The van der Waals surface area contributed by atoms with Crippen molar-refractivity contribution in [1.29, 1.82) is 0 Å². The van der Waals surface area contributed by atoms with Crippen molar-refractivity contribution >= 4 is 28.6 Å². The van der Waals surface area contributed by atoms with Crippen molar-refractivity contribution < 1.29 is 19.4 Å². The van der Waals surface area contributed by atoms with Crippen LogP contribution >= 0.6 is 22.9 Å². The number of nitrogens with zero attached hydrogens (tertiary/aromatic N) is 1. The molecule has 0 atom stereocenters. The molecule has 1 aromatic carbocycles. The van der Waals surface area contributed by atoms with Gasteiger partial charge < -0.3 is 14.6 Å².